The van der Waals surface area contributed by atoms with Gasteiger partial charge in [0.2, 0.25) is 17.7 Å². The molecule has 0 bridgehead atoms. The Bertz CT molecular complexity index is 3950. The maximum absolute atomic E-state index is 14.8. The van der Waals surface area contributed by atoms with Crippen LogP contribution in [0.1, 0.15) is 50.3 Å². The van der Waals surface area contributed by atoms with Gasteiger partial charge in [0.15, 0.2) is 0 Å². The van der Waals surface area contributed by atoms with Crippen molar-refractivity contribution < 1.29 is 37.7 Å². The summed E-state index contributed by atoms with van der Waals surface area (Å²) in [5.74, 6) is 1.00. The fourth-order valence-electron chi connectivity index (χ4n) is 11.7. The van der Waals surface area contributed by atoms with E-state index in [9.17, 15) is 18.8 Å². The Morgan fingerprint density at radius 3 is 1.34 bits per heavy atom. The van der Waals surface area contributed by atoms with Gasteiger partial charge in [0.05, 0.1) is 45.7 Å². The van der Waals surface area contributed by atoms with Gasteiger partial charge in [-0.05, 0) is 115 Å². The highest BCUT2D eigenvalue weighted by molar-refractivity contribution is 5.80. The number of rotatable bonds is 24. The van der Waals surface area contributed by atoms with E-state index in [1.807, 2.05) is 167 Å². The molecule has 17 heteroatoms. The number of aryl methyl sites for hydroxylation is 3. The van der Waals surface area contributed by atoms with Crippen molar-refractivity contribution in [3.05, 3.63) is 257 Å². The average molecular weight is 1320 g/mol. The first kappa shape index (κ1) is 71.2. The van der Waals surface area contributed by atoms with Crippen LogP contribution in [-0.2, 0) is 62.8 Å². The zero-order chi connectivity index (χ0) is 68.3. The first-order chi connectivity index (χ1) is 47.8. The molecule has 3 amide bonds. The van der Waals surface area contributed by atoms with Gasteiger partial charge in [-0.3, -0.25) is 34.2 Å². The molecule has 0 atom stereocenters. The predicted octanol–water partition coefficient (Wildman–Crippen LogP) is 11.7. The molecular formula is C81H92FN9O7. The van der Waals surface area contributed by atoms with E-state index in [0.717, 1.165) is 159 Å². The largest absolute Gasteiger partial charge is 0.492 e. The maximum atomic E-state index is 14.8. The number of hydrogen-bond acceptors (Lipinski definition) is 13. The van der Waals surface area contributed by atoms with Crippen molar-refractivity contribution in [2.45, 2.75) is 59.7 Å². The Morgan fingerprint density at radius 1 is 0.439 bits per heavy atom. The van der Waals surface area contributed by atoms with Gasteiger partial charge in [-0.1, -0.05) is 150 Å². The molecule has 16 nitrogen and oxygen atoms in total. The Balaban J connectivity index is 0.000000160. The topological polar surface area (TPSA) is 163 Å². The first-order valence-electron chi connectivity index (χ1n) is 34.0. The third-order valence-corrected chi connectivity index (χ3v) is 17.4. The molecular weight excluding hydrogens is 1230 g/mol. The van der Waals surface area contributed by atoms with E-state index in [-0.39, 0.29) is 42.8 Å². The van der Waals surface area contributed by atoms with Crippen molar-refractivity contribution in [1.82, 2.24) is 40.6 Å². The van der Waals surface area contributed by atoms with Crippen molar-refractivity contribution in [1.29, 1.82) is 0 Å². The van der Waals surface area contributed by atoms with Gasteiger partial charge in [0, 0.05) is 137 Å². The summed E-state index contributed by atoms with van der Waals surface area (Å²) in [6.45, 7) is 21.9. The highest BCUT2D eigenvalue weighted by Gasteiger charge is 2.17. The van der Waals surface area contributed by atoms with Crippen LogP contribution in [0.3, 0.4) is 0 Å². The number of ether oxygens (including phenoxy) is 4. The Morgan fingerprint density at radius 2 is 0.867 bits per heavy atom. The van der Waals surface area contributed by atoms with Crippen LogP contribution in [0.2, 0.25) is 0 Å². The highest BCUT2D eigenvalue weighted by atomic mass is 19.1. The second-order valence-corrected chi connectivity index (χ2v) is 25.2. The minimum atomic E-state index is -0.314. The standard InChI is InChI=1S/C29H34FN3O2.C27H31N3O3.C25H27N3O2/c1-22-4-3-5-24(18-22)21-31-29(34)19-23-6-8-25(9-7-23)27-11-10-26(20-28(27)30)35-17-16-33-14-12-32(2)13-15-33;1-21-3-2-4-22(17-21)19-29-27(31)18-25-8-5-24(20-28-25)23-6-9-26(10-7-23)33-16-13-30-11-14-32-15-12-30;1-19-3-2-4-20(15-19)17-27-25(29)16-23-8-5-22(18-26-23)21-6-9-24(10-7-21)28-11-13-30-14-12-28/h3-11,18,20H,12-17,19,21H2,1-2H3,(H,31,34);2-10,17,20H,11-16,18-19H2,1H3,(H,29,31);2-10,15,18H,11-14,16-17H2,1H3,(H,27,29). The second kappa shape index (κ2) is 37.2. The molecule has 3 aliphatic rings. The van der Waals surface area contributed by atoms with Crippen LogP contribution >= 0.6 is 0 Å². The van der Waals surface area contributed by atoms with E-state index in [1.54, 1.807) is 6.07 Å². The molecule has 98 heavy (non-hydrogen) atoms. The van der Waals surface area contributed by atoms with Crippen molar-refractivity contribution in [3.8, 4) is 44.9 Å². The molecule has 3 aliphatic heterocycles. The Hall–Kier alpha value is -9.62. The van der Waals surface area contributed by atoms with Crippen LogP contribution in [0.15, 0.2) is 200 Å². The van der Waals surface area contributed by atoms with E-state index in [4.69, 9.17) is 18.9 Å². The summed E-state index contributed by atoms with van der Waals surface area (Å²) >= 11 is 0. The summed E-state index contributed by atoms with van der Waals surface area (Å²) in [5.41, 5.74) is 16.0. The zero-order valence-corrected chi connectivity index (χ0v) is 57.0. The molecule has 0 saturated carbocycles. The van der Waals surface area contributed by atoms with Crippen molar-refractivity contribution in [3.63, 3.8) is 0 Å². The monoisotopic (exact) mass is 1320 g/mol. The average Bonchev–Trinajstić information content (AvgIpc) is 1.07. The van der Waals surface area contributed by atoms with Crippen LogP contribution in [-0.4, -0.2) is 155 Å². The number of nitrogens with one attached hydrogen (secondary N) is 3. The quantitative estimate of drug-likeness (QED) is 0.0524. The summed E-state index contributed by atoms with van der Waals surface area (Å²) in [4.78, 5) is 55.2. The summed E-state index contributed by atoms with van der Waals surface area (Å²) in [7, 11) is 2.14. The molecule has 0 spiro atoms. The third-order valence-electron chi connectivity index (χ3n) is 17.4. The fourth-order valence-corrected chi connectivity index (χ4v) is 11.7. The van der Waals surface area contributed by atoms with Crippen LogP contribution in [0.5, 0.6) is 11.5 Å². The van der Waals surface area contributed by atoms with E-state index < -0.39 is 0 Å². The van der Waals surface area contributed by atoms with Gasteiger partial charge in [0.1, 0.15) is 30.5 Å². The summed E-state index contributed by atoms with van der Waals surface area (Å²) in [6.07, 6.45) is 4.49. The van der Waals surface area contributed by atoms with Crippen molar-refractivity contribution in [2.75, 3.05) is 117 Å². The zero-order valence-electron chi connectivity index (χ0n) is 57.0. The van der Waals surface area contributed by atoms with Crippen LogP contribution < -0.4 is 30.3 Å². The number of hydrogen-bond donors (Lipinski definition) is 3. The van der Waals surface area contributed by atoms with Crippen molar-refractivity contribution in [2.24, 2.45) is 0 Å². The number of carbonyl (C=O) groups excluding carboxylic acids is 3. The summed E-state index contributed by atoms with van der Waals surface area (Å²) in [6, 6.07) is 61.3. The molecule has 12 rings (SSSR count). The number of piperazine rings is 1. The van der Waals surface area contributed by atoms with Crippen LogP contribution in [0.4, 0.5) is 10.1 Å². The van der Waals surface area contributed by atoms with Gasteiger partial charge >= 0.3 is 0 Å². The van der Waals surface area contributed by atoms with E-state index in [0.29, 0.717) is 44.2 Å². The van der Waals surface area contributed by atoms with Crippen molar-refractivity contribution >= 4 is 23.4 Å². The summed E-state index contributed by atoms with van der Waals surface area (Å²) in [5, 5.41) is 8.89. The molecule has 0 aliphatic carbocycles. The minimum absolute atomic E-state index is 0.0216. The Kier molecular flexibility index (Phi) is 27.0. The number of anilines is 1. The van der Waals surface area contributed by atoms with Crippen LogP contribution in [0, 0.1) is 26.6 Å². The molecule has 2 aromatic heterocycles. The minimum Gasteiger partial charge on any atom is -0.492 e. The smallest absolute Gasteiger partial charge is 0.226 e. The lowest BCUT2D eigenvalue weighted by Gasteiger charge is -2.32. The summed E-state index contributed by atoms with van der Waals surface area (Å²) < 4.78 is 37.3. The first-order valence-corrected chi connectivity index (χ1v) is 34.0. The number of pyridine rings is 2. The number of carbonyl (C=O) groups is 3. The van der Waals surface area contributed by atoms with Gasteiger partial charge in [-0.25, -0.2) is 4.39 Å². The molecule has 5 heterocycles. The van der Waals surface area contributed by atoms with Gasteiger partial charge in [-0.15, -0.1) is 0 Å². The van der Waals surface area contributed by atoms with Gasteiger partial charge in [-0.2, -0.15) is 0 Å². The number of aromatic nitrogens is 2. The maximum Gasteiger partial charge on any atom is 0.226 e. The molecule has 0 unspecified atom stereocenters. The normalized spacial score (nSPS) is 14.2. The number of benzene rings is 7. The van der Waals surface area contributed by atoms with Crippen LogP contribution in [0.25, 0.3) is 33.4 Å². The number of nitrogens with zero attached hydrogens (tertiary/aromatic N) is 6. The fraction of sp³-hybridized carbons (Fsp3) is 0.321. The molecule has 7 aromatic carbocycles. The number of morpholine rings is 2. The Labute approximate surface area is 577 Å². The molecule has 510 valence electrons. The lowest BCUT2D eigenvalue weighted by molar-refractivity contribution is -0.121. The molecule has 9 aromatic rings. The molecule has 3 fully saturated rings. The number of halogens is 1. The second-order valence-electron chi connectivity index (χ2n) is 25.2. The molecule has 3 N–H and O–H groups in total. The number of likely N-dealkylation sites (N-methyl/N-ethyl adjacent to an activating group) is 1. The molecule has 3 saturated heterocycles. The lowest BCUT2D eigenvalue weighted by Crippen LogP contribution is -2.45. The van der Waals surface area contributed by atoms with E-state index in [1.165, 1.54) is 28.4 Å². The lowest BCUT2D eigenvalue weighted by atomic mass is 10.0. The van der Waals surface area contributed by atoms with Gasteiger partial charge in [0.25, 0.3) is 0 Å². The van der Waals surface area contributed by atoms with E-state index >= 15 is 0 Å². The highest BCUT2D eigenvalue weighted by Crippen LogP contribution is 2.28. The van der Waals surface area contributed by atoms with E-state index in [2.05, 4.69) is 95.0 Å². The van der Waals surface area contributed by atoms with Gasteiger partial charge < -0.3 is 44.7 Å². The number of amides is 3. The SMILES string of the molecule is Cc1cccc(CNC(=O)Cc2ccc(-c3ccc(N4CCOCC4)cc3)cn2)c1.Cc1cccc(CNC(=O)Cc2ccc(-c3ccc(OCCN4CCN(C)CC4)cc3F)cc2)c1.Cc1cccc(CNC(=O)Cc2ccc(-c3ccc(OCCN4CCOCC4)cc3)cn2)c1. The predicted molar refractivity (Wildman–Crippen MR) is 387 cm³/mol. The third kappa shape index (κ3) is 23.3. The molecule has 0 radical (unpaired) electrons.